The molecule has 82 valence electrons. The highest BCUT2D eigenvalue weighted by Crippen LogP contribution is 2.40. The van der Waals surface area contributed by atoms with Gasteiger partial charge < -0.3 is 0 Å². The fourth-order valence-electron chi connectivity index (χ4n) is 2.22. The van der Waals surface area contributed by atoms with Gasteiger partial charge in [0.25, 0.3) is 0 Å². The molecule has 0 atom stereocenters. The highest BCUT2D eigenvalue weighted by molar-refractivity contribution is 5.84. The first-order chi connectivity index (χ1) is 6.33. The van der Waals surface area contributed by atoms with E-state index in [2.05, 4.69) is 27.7 Å². The van der Waals surface area contributed by atoms with Crippen LogP contribution in [0, 0.1) is 10.8 Å². The van der Waals surface area contributed by atoms with E-state index in [1.165, 1.54) is 12.8 Å². The Bertz CT molecular complexity index is 204. The fourth-order valence-corrected chi connectivity index (χ4v) is 2.22. The molecule has 1 aliphatic carbocycles. The molecule has 0 amide bonds. The van der Waals surface area contributed by atoms with Gasteiger partial charge in [-0.3, -0.25) is 4.79 Å². The summed E-state index contributed by atoms with van der Waals surface area (Å²) in [6.45, 7) is 8.77. The topological polar surface area (TPSA) is 17.1 Å². The van der Waals surface area contributed by atoms with Crippen molar-refractivity contribution in [3.63, 3.8) is 0 Å². The first-order valence-corrected chi connectivity index (χ1v) is 5.87. The van der Waals surface area contributed by atoms with Crippen molar-refractivity contribution in [2.24, 2.45) is 10.8 Å². The number of Topliss-reactive ketones (excluding diaryl/α,β-unsaturated/α-hetero) is 1. The molecule has 1 heteroatoms. The van der Waals surface area contributed by atoms with Crippen LogP contribution in [0.25, 0.3) is 0 Å². The van der Waals surface area contributed by atoms with Crippen LogP contribution < -0.4 is 0 Å². The van der Waals surface area contributed by atoms with Crippen molar-refractivity contribution in [1.82, 2.24) is 0 Å². The van der Waals surface area contributed by atoms with Gasteiger partial charge in [0.15, 0.2) is 0 Å². The molecule has 0 radical (unpaired) electrons. The molecule has 0 aliphatic heterocycles. The molecule has 1 aliphatic rings. The van der Waals surface area contributed by atoms with Crippen LogP contribution in [0.3, 0.4) is 0 Å². The molecule has 0 unspecified atom stereocenters. The quantitative estimate of drug-likeness (QED) is 0.667. The highest BCUT2D eigenvalue weighted by Gasteiger charge is 2.35. The molecule has 14 heavy (non-hydrogen) atoms. The van der Waals surface area contributed by atoms with Gasteiger partial charge in [-0.15, -0.1) is 0 Å². The molecular formula is C13H24O. The summed E-state index contributed by atoms with van der Waals surface area (Å²) in [5.74, 6) is 0.505. The molecule has 0 aromatic rings. The Morgan fingerprint density at radius 3 is 2.14 bits per heavy atom. The molecule has 0 N–H and O–H groups in total. The smallest absolute Gasteiger partial charge is 0.138 e. The third kappa shape index (κ3) is 3.11. The molecule has 0 heterocycles. The van der Waals surface area contributed by atoms with Gasteiger partial charge in [-0.2, -0.15) is 0 Å². The molecule has 1 rings (SSSR count). The van der Waals surface area contributed by atoms with Crippen LogP contribution in [-0.2, 0) is 4.79 Å². The summed E-state index contributed by atoms with van der Waals surface area (Å²) in [7, 11) is 0. The first kappa shape index (κ1) is 11.7. The third-order valence-corrected chi connectivity index (χ3v) is 3.48. The number of hydrogen-bond acceptors (Lipinski definition) is 1. The minimum absolute atomic E-state index is 0.0330. The Labute approximate surface area is 88.3 Å². The van der Waals surface area contributed by atoms with E-state index >= 15 is 0 Å². The lowest BCUT2D eigenvalue weighted by molar-refractivity contribution is -0.128. The lowest BCUT2D eigenvalue weighted by atomic mass is 9.79. The van der Waals surface area contributed by atoms with Gasteiger partial charge in [-0.25, -0.2) is 0 Å². The van der Waals surface area contributed by atoms with Crippen molar-refractivity contribution in [1.29, 1.82) is 0 Å². The Morgan fingerprint density at radius 2 is 1.71 bits per heavy atom. The van der Waals surface area contributed by atoms with Crippen molar-refractivity contribution < 1.29 is 4.79 Å². The maximum Gasteiger partial charge on any atom is 0.138 e. The van der Waals surface area contributed by atoms with E-state index < -0.39 is 0 Å². The number of hydrogen-bond donors (Lipinski definition) is 0. The maximum atomic E-state index is 12.0. The van der Waals surface area contributed by atoms with Crippen LogP contribution in [0.5, 0.6) is 0 Å². The van der Waals surface area contributed by atoms with Crippen molar-refractivity contribution in [2.75, 3.05) is 0 Å². The first-order valence-electron chi connectivity index (χ1n) is 5.87. The highest BCUT2D eigenvalue weighted by atomic mass is 16.1. The lowest BCUT2D eigenvalue weighted by Gasteiger charge is -2.24. The van der Waals surface area contributed by atoms with Gasteiger partial charge in [0, 0.05) is 11.8 Å². The summed E-state index contributed by atoms with van der Waals surface area (Å²) >= 11 is 0. The van der Waals surface area contributed by atoms with Gasteiger partial charge in [0.1, 0.15) is 5.78 Å². The van der Waals surface area contributed by atoms with E-state index in [0.717, 1.165) is 25.7 Å². The number of carbonyl (C=O) groups is 1. The summed E-state index contributed by atoms with van der Waals surface area (Å²) < 4.78 is 0. The average molecular weight is 196 g/mol. The van der Waals surface area contributed by atoms with Crippen molar-refractivity contribution in [2.45, 2.75) is 66.2 Å². The SMILES string of the molecule is CC(C)(C)CCC(=O)C1(C)CCCC1. The van der Waals surface area contributed by atoms with E-state index in [0.29, 0.717) is 11.2 Å². The molecule has 0 bridgehead atoms. The zero-order valence-corrected chi connectivity index (χ0v) is 10.2. The zero-order valence-electron chi connectivity index (χ0n) is 10.2. The van der Waals surface area contributed by atoms with Gasteiger partial charge in [-0.1, -0.05) is 40.5 Å². The zero-order chi connectivity index (χ0) is 10.8. The van der Waals surface area contributed by atoms with Gasteiger partial charge in [0.05, 0.1) is 0 Å². The second kappa shape index (κ2) is 4.04. The molecule has 1 saturated carbocycles. The molecule has 0 aromatic heterocycles. The average Bonchev–Trinajstić information content (AvgIpc) is 2.48. The predicted octanol–water partition coefficient (Wildman–Crippen LogP) is 3.96. The van der Waals surface area contributed by atoms with Crippen LogP contribution >= 0.6 is 0 Å². The summed E-state index contributed by atoms with van der Waals surface area (Å²) in [6, 6.07) is 0. The van der Waals surface area contributed by atoms with E-state index in [1.54, 1.807) is 0 Å². The maximum absolute atomic E-state index is 12.0. The lowest BCUT2D eigenvalue weighted by Crippen LogP contribution is -2.25. The summed E-state index contributed by atoms with van der Waals surface area (Å²) in [5.41, 5.74) is 0.329. The molecule has 0 aromatic carbocycles. The van der Waals surface area contributed by atoms with Gasteiger partial charge >= 0.3 is 0 Å². The Kier molecular flexibility index (Phi) is 3.39. The normalized spacial score (nSPS) is 21.1. The monoisotopic (exact) mass is 196 g/mol. The Hall–Kier alpha value is -0.330. The number of rotatable bonds is 3. The molecule has 0 saturated heterocycles. The minimum Gasteiger partial charge on any atom is -0.299 e. The van der Waals surface area contributed by atoms with Gasteiger partial charge in [0.2, 0.25) is 0 Å². The van der Waals surface area contributed by atoms with Crippen LogP contribution in [0.2, 0.25) is 0 Å². The van der Waals surface area contributed by atoms with E-state index in [4.69, 9.17) is 0 Å². The van der Waals surface area contributed by atoms with Crippen molar-refractivity contribution in [3.05, 3.63) is 0 Å². The van der Waals surface area contributed by atoms with Crippen molar-refractivity contribution in [3.8, 4) is 0 Å². The minimum atomic E-state index is 0.0330. The van der Waals surface area contributed by atoms with Crippen LogP contribution in [0.15, 0.2) is 0 Å². The van der Waals surface area contributed by atoms with E-state index in [-0.39, 0.29) is 5.41 Å². The second-order valence-electron chi connectivity index (χ2n) is 6.25. The van der Waals surface area contributed by atoms with Crippen molar-refractivity contribution >= 4 is 5.78 Å². The Balaban J connectivity index is 2.42. The summed E-state index contributed by atoms with van der Waals surface area (Å²) in [5, 5.41) is 0. The van der Waals surface area contributed by atoms with Crippen LogP contribution in [0.4, 0.5) is 0 Å². The number of carbonyl (C=O) groups excluding carboxylic acids is 1. The third-order valence-electron chi connectivity index (χ3n) is 3.48. The second-order valence-corrected chi connectivity index (χ2v) is 6.25. The molecule has 0 spiro atoms. The number of ketones is 1. The Morgan fingerprint density at radius 1 is 1.21 bits per heavy atom. The molecule has 1 fully saturated rings. The molecular weight excluding hydrogens is 172 g/mol. The van der Waals surface area contributed by atoms with Crippen LogP contribution in [-0.4, -0.2) is 5.78 Å². The van der Waals surface area contributed by atoms with E-state index in [9.17, 15) is 4.79 Å². The molecule has 1 nitrogen and oxygen atoms in total. The van der Waals surface area contributed by atoms with E-state index in [1.807, 2.05) is 0 Å². The standard InChI is InChI=1S/C13H24O/c1-12(2,3)10-7-11(14)13(4)8-5-6-9-13/h5-10H2,1-4H3. The largest absolute Gasteiger partial charge is 0.299 e. The van der Waals surface area contributed by atoms with Crippen LogP contribution in [0.1, 0.15) is 66.2 Å². The fraction of sp³-hybridized carbons (Fsp3) is 0.923. The van der Waals surface area contributed by atoms with Gasteiger partial charge in [-0.05, 0) is 24.7 Å². The summed E-state index contributed by atoms with van der Waals surface area (Å²) in [6.07, 6.45) is 6.54. The predicted molar refractivity (Wildman–Crippen MR) is 60.3 cm³/mol. The summed E-state index contributed by atoms with van der Waals surface area (Å²) in [4.78, 5) is 12.0.